The molecule has 1 saturated heterocycles. The fraction of sp³-hybridized carbons (Fsp3) is 0.440. The van der Waals surface area contributed by atoms with E-state index in [2.05, 4.69) is 4.74 Å². The molecule has 0 spiro atoms. The van der Waals surface area contributed by atoms with Crippen molar-refractivity contribution in [3.63, 3.8) is 0 Å². The summed E-state index contributed by atoms with van der Waals surface area (Å²) >= 11 is 0. The minimum absolute atomic E-state index is 0.0322. The molecule has 0 aromatic heterocycles. The van der Waals surface area contributed by atoms with Crippen LogP contribution in [-0.4, -0.2) is 60.0 Å². The van der Waals surface area contributed by atoms with Crippen LogP contribution in [0.1, 0.15) is 37.9 Å². The van der Waals surface area contributed by atoms with Gasteiger partial charge in [0.2, 0.25) is 0 Å². The van der Waals surface area contributed by atoms with E-state index in [1.807, 2.05) is 0 Å². The average Bonchev–Trinajstić information content (AvgIpc) is 2.80. The van der Waals surface area contributed by atoms with Gasteiger partial charge in [0.25, 0.3) is 5.91 Å². The summed E-state index contributed by atoms with van der Waals surface area (Å²) < 4.78 is 90.7. The maximum atomic E-state index is 13.1. The van der Waals surface area contributed by atoms with Crippen LogP contribution in [0.2, 0.25) is 0 Å². The van der Waals surface area contributed by atoms with E-state index in [-0.39, 0.29) is 25.4 Å². The first-order valence-corrected chi connectivity index (χ1v) is 11.4. The van der Waals surface area contributed by atoms with E-state index in [0.29, 0.717) is 5.56 Å². The van der Waals surface area contributed by atoms with Gasteiger partial charge in [-0.05, 0) is 62.7 Å². The lowest BCUT2D eigenvalue weighted by Gasteiger charge is -2.41. The molecule has 0 saturated carbocycles. The number of carbonyl (C=O) groups is 2. The van der Waals surface area contributed by atoms with Gasteiger partial charge < -0.3 is 24.0 Å². The molecule has 3 rings (SSSR count). The quantitative estimate of drug-likeness (QED) is 0.442. The molecule has 2 aromatic carbocycles. The van der Waals surface area contributed by atoms with E-state index in [1.165, 1.54) is 34.1 Å². The Hall–Kier alpha value is -3.64. The summed E-state index contributed by atoms with van der Waals surface area (Å²) in [6.07, 6.45) is -10.0. The van der Waals surface area contributed by atoms with Gasteiger partial charge in [-0.1, -0.05) is 12.1 Å². The standard InChI is InChI=1S/C25H26F6N2O5/c1-23(2,3)38-22(35)32-12-13-33(20(14-32)16-4-6-17(7-5-16)24(26,27)28)21(34)15-36-18-8-10-19(11-9-18)37-25(29,30)31/h4-11,20H,12-15H2,1-3H3. The van der Waals surface area contributed by atoms with Crippen molar-refractivity contribution in [2.45, 2.75) is 45.0 Å². The van der Waals surface area contributed by atoms with Crippen LogP contribution < -0.4 is 9.47 Å². The largest absolute Gasteiger partial charge is 0.573 e. The third kappa shape index (κ3) is 8.18. The monoisotopic (exact) mass is 548 g/mol. The zero-order valence-corrected chi connectivity index (χ0v) is 20.7. The van der Waals surface area contributed by atoms with Crippen molar-refractivity contribution in [1.82, 2.24) is 9.80 Å². The molecule has 38 heavy (non-hydrogen) atoms. The van der Waals surface area contributed by atoms with Crippen LogP contribution in [0, 0.1) is 0 Å². The summed E-state index contributed by atoms with van der Waals surface area (Å²) in [4.78, 5) is 28.4. The molecule has 1 unspecified atom stereocenters. The van der Waals surface area contributed by atoms with Crippen LogP contribution in [0.15, 0.2) is 48.5 Å². The molecule has 0 N–H and O–H groups in total. The van der Waals surface area contributed by atoms with Gasteiger partial charge >= 0.3 is 18.6 Å². The summed E-state index contributed by atoms with van der Waals surface area (Å²) in [5.74, 6) is -0.891. The molecule has 2 amide bonds. The molecular formula is C25H26F6N2O5. The average molecular weight is 548 g/mol. The first-order chi connectivity index (χ1) is 17.5. The van der Waals surface area contributed by atoms with Gasteiger partial charge in [0.05, 0.1) is 11.6 Å². The number of hydrogen-bond acceptors (Lipinski definition) is 5. The molecule has 1 fully saturated rings. The zero-order valence-electron chi connectivity index (χ0n) is 20.7. The minimum Gasteiger partial charge on any atom is -0.484 e. The molecule has 7 nitrogen and oxygen atoms in total. The van der Waals surface area contributed by atoms with Crippen molar-refractivity contribution < 1.29 is 50.1 Å². The number of piperazine rings is 1. The molecule has 2 aromatic rings. The Labute approximate surface area is 214 Å². The number of hydrogen-bond donors (Lipinski definition) is 0. The number of alkyl halides is 6. The van der Waals surface area contributed by atoms with Crippen molar-refractivity contribution in [3.05, 3.63) is 59.7 Å². The molecule has 208 valence electrons. The predicted molar refractivity (Wildman–Crippen MR) is 122 cm³/mol. The molecular weight excluding hydrogens is 522 g/mol. The highest BCUT2D eigenvalue weighted by atomic mass is 19.4. The molecule has 1 atom stereocenters. The number of amides is 2. The van der Waals surface area contributed by atoms with Crippen molar-refractivity contribution >= 4 is 12.0 Å². The second-order valence-corrected chi connectivity index (χ2v) is 9.46. The van der Waals surface area contributed by atoms with Crippen LogP contribution in [0.25, 0.3) is 0 Å². The highest BCUT2D eigenvalue weighted by Crippen LogP contribution is 2.32. The third-order valence-electron chi connectivity index (χ3n) is 5.39. The lowest BCUT2D eigenvalue weighted by Crippen LogP contribution is -2.54. The molecule has 1 heterocycles. The van der Waals surface area contributed by atoms with Gasteiger partial charge in [0.1, 0.15) is 17.1 Å². The van der Waals surface area contributed by atoms with Gasteiger partial charge in [-0.3, -0.25) is 4.79 Å². The Bertz CT molecular complexity index is 1110. The third-order valence-corrected chi connectivity index (χ3v) is 5.39. The first kappa shape index (κ1) is 28.9. The summed E-state index contributed by atoms with van der Waals surface area (Å²) in [7, 11) is 0. The summed E-state index contributed by atoms with van der Waals surface area (Å²) in [6, 6.07) is 7.92. The normalized spacial score (nSPS) is 16.7. The topological polar surface area (TPSA) is 68.3 Å². The SMILES string of the molecule is CC(C)(C)OC(=O)N1CCN(C(=O)COc2ccc(OC(F)(F)F)cc2)C(c2ccc(C(F)(F)F)cc2)C1. The van der Waals surface area contributed by atoms with Crippen molar-refractivity contribution in [3.8, 4) is 11.5 Å². The molecule has 13 heteroatoms. The fourth-order valence-corrected chi connectivity index (χ4v) is 3.72. The Balaban J connectivity index is 1.75. The Morgan fingerprint density at radius 3 is 1.97 bits per heavy atom. The second kappa shape index (κ2) is 11.0. The van der Waals surface area contributed by atoms with E-state index in [9.17, 15) is 35.9 Å². The molecule has 1 aliphatic heterocycles. The summed E-state index contributed by atoms with van der Waals surface area (Å²) in [5.41, 5.74) is -1.27. The van der Waals surface area contributed by atoms with Gasteiger partial charge in [0, 0.05) is 19.6 Å². The number of ether oxygens (including phenoxy) is 3. The maximum Gasteiger partial charge on any atom is 0.573 e. The van der Waals surface area contributed by atoms with Gasteiger partial charge in [-0.15, -0.1) is 13.2 Å². The Kier molecular flexibility index (Phi) is 8.37. The Morgan fingerprint density at radius 2 is 1.45 bits per heavy atom. The van der Waals surface area contributed by atoms with Gasteiger partial charge in [0.15, 0.2) is 6.61 Å². The molecule has 1 aliphatic rings. The lowest BCUT2D eigenvalue weighted by atomic mass is 10.0. The number of carbonyl (C=O) groups excluding carboxylic acids is 2. The van der Waals surface area contributed by atoms with Crippen LogP contribution in [0.3, 0.4) is 0 Å². The first-order valence-electron chi connectivity index (χ1n) is 11.4. The smallest absolute Gasteiger partial charge is 0.484 e. The highest BCUT2D eigenvalue weighted by Gasteiger charge is 2.36. The molecule has 0 bridgehead atoms. The summed E-state index contributed by atoms with van der Waals surface area (Å²) in [6.45, 7) is 4.71. The van der Waals surface area contributed by atoms with Crippen LogP contribution >= 0.6 is 0 Å². The lowest BCUT2D eigenvalue weighted by molar-refractivity contribution is -0.274. The molecule has 0 radical (unpaired) electrons. The van der Waals surface area contributed by atoms with Crippen LogP contribution in [0.5, 0.6) is 11.5 Å². The summed E-state index contributed by atoms with van der Waals surface area (Å²) in [5, 5.41) is 0. The van der Waals surface area contributed by atoms with E-state index in [0.717, 1.165) is 24.3 Å². The van der Waals surface area contributed by atoms with E-state index < -0.39 is 54.1 Å². The van der Waals surface area contributed by atoms with Crippen molar-refractivity contribution in [2.24, 2.45) is 0 Å². The zero-order chi connectivity index (χ0) is 28.3. The number of nitrogens with zero attached hydrogens (tertiary/aromatic N) is 2. The van der Waals surface area contributed by atoms with Crippen molar-refractivity contribution in [1.29, 1.82) is 0 Å². The second-order valence-electron chi connectivity index (χ2n) is 9.46. The van der Waals surface area contributed by atoms with Gasteiger partial charge in [-0.2, -0.15) is 13.2 Å². The predicted octanol–water partition coefficient (Wildman–Crippen LogP) is 5.80. The van der Waals surface area contributed by atoms with Crippen LogP contribution in [0.4, 0.5) is 31.1 Å². The molecule has 0 aliphatic carbocycles. The van der Waals surface area contributed by atoms with Gasteiger partial charge in [-0.25, -0.2) is 4.79 Å². The number of rotatable bonds is 5. The van der Waals surface area contributed by atoms with E-state index >= 15 is 0 Å². The number of benzene rings is 2. The van der Waals surface area contributed by atoms with Crippen LogP contribution in [-0.2, 0) is 15.7 Å². The minimum atomic E-state index is -4.85. The highest BCUT2D eigenvalue weighted by molar-refractivity contribution is 5.79. The van der Waals surface area contributed by atoms with E-state index in [1.54, 1.807) is 20.8 Å². The van der Waals surface area contributed by atoms with E-state index in [4.69, 9.17) is 9.47 Å². The Morgan fingerprint density at radius 1 is 0.868 bits per heavy atom. The fourth-order valence-electron chi connectivity index (χ4n) is 3.72. The van der Waals surface area contributed by atoms with Crippen molar-refractivity contribution in [2.75, 3.05) is 26.2 Å². The maximum absolute atomic E-state index is 13.1. The number of halogens is 6.